The molecule has 0 spiro atoms. The summed E-state index contributed by atoms with van der Waals surface area (Å²) < 4.78 is 1.02. The number of nitrogens with one attached hydrogen (secondary N) is 1. The fourth-order valence-electron chi connectivity index (χ4n) is 1.29. The quantitative estimate of drug-likeness (QED) is 0.671. The molecule has 0 aliphatic heterocycles. The summed E-state index contributed by atoms with van der Waals surface area (Å²) in [4.78, 5) is 8.31. The number of halogens is 1. The van der Waals surface area contributed by atoms with Crippen LogP contribution in [0.1, 0.15) is 5.56 Å². The second-order valence-electron chi connectivity index (χ2n) is 3.32. The van der Waals surface area contributed by atoms with Crippen molar-refractivity contribution < 1.29 is 0 Å². The average molecular weight is 326 g/mol. The molecule has 0 saturated carbocycles. The molecule has 0 aliphatic carbocycles. The number of aromatic nitrogens is 2. The van der Waals surface area contributed by atoms with E-state index in [4.69, 9.17) is 5.73 Å². The number of nitrogens with zero attached hydrogens (tertiary/aromatic N) is 2. The van der Waals surface area contributed by atoms with Gasteiger partial charge in [-0.1, -0.05) is 12.1 Å². The summed E-state index contributed by atoms with van der Waals surface area (Å²) in [5.41, 5.74) is 7.57. The second-order valence-corrected chi connectivity index (χ2v) is 4.57. The van der Waals surface area contributed by atoms with Gasteiger partial charge in [0.1, 0.15) is 0 Å². The van der Waals surface area contributed by atoms with Gasteiger partial charge in [0.2, 0.25) is 5.95 Å². The minimum atomic E-state index is 0.628. The molecule has 3 N–H and O–H groups in total. The molecule has 2 rings (SSSR count). The summed E-state index contributed by atoms with van der Waals surface area (Å²) in [6, 6.07) is 7.74. The molecular weight excluding hydrogens is 315 g/mol. The van der Waals surface area contributed by atoms with Crippen molar-refractivity contribution in [2.24, 2.45) is 0 Å². The fourth-order valence-corrected chi connectivity index (χ4v) is 1.57. The molecule has 1 aromatic heterocycles. The van der Waals surface area contributed by atoms with Crippen LogP contribution in [0.4, 0.5) is 11.6 Å². The molecule has 16 heavy (non-hydrogen) atoms. The smallest absolute Gasteiger partial charge is 0.222 e. The molecule has 5 heteroatoms. The van der Waals surface area contributed by atoms with Gasteiger partial charge in [0, 0.05) is 28.2 Å². The first kappa shape index (κ1) is 11.1. The Morgan fingerprint density at radius 2 is 2.00 bits per heavy atom. The fraction of sp³-hybridized carbons (Fsp3) is 0.0909. The Morgan fingerprint density at radius 1 is 1.25 bits per heavy atom. The number of benzene rings is 1. The molecule has 1 aromatic carbocycles. The van der Waals surface area contributed by atoms with Crippen LogP contribution in [0.3, 0.4) is 0 Å². The minimum Gasteiger partial charge on any atom is -0.399 e. The Kier molecular flexibility index (Phi) is 3.55. The maximum Gasteiger partial charge on any atom is 0.222 e. The Bertz CT molecular complexity index is 470. The van der Waals surface area contributed by atoms with Gasteiger partial charge in [-0.05, 0) is 40.3 Å². The average Bonchev–Trinajstić information content (AvgIpc) is 2.28. The first-order chi connectivity index (χ1) is 7.74. The van der Waals surface area contributed by atoms with Crippen molar-refractivity contribution in [1.82, 2.24) is 9.97 Å². The van der Waals surface area contributed by atoms with E-state index in [2.05, 4.69) is 37.9 Å². The standard InChI is InChI=1S/C11H11IN4/c12-9-6-15-11(16-7-9)14-5-8-2-1-3-10(13)4-8/h1-4,6-7H,5,13H2,(H,14,15,16). The van der Waals surface area contributed by atoms with Crippen LogP contribution >= 0.6 is 22.6 Å². The predicted octanol–water partition coefficient (Wildman–Crippen LogP) is 2.28. The lowest BCUT2D eigenvalue weighted by atomic mass is 10.2. The molecule has 0 aliphatic rings. The first-order valence-electron chi connectivity index (χ1n) is 4.80. The minimum absolute atomic E-state index is 0.628. The zero-order valence-electron chi connectivity index (χ0n) is 8.52. The molecule has 0 saturated heterocycles. The van der Waals surface area contributed by atoms with Crippen LogP contribution < -0.4 is 11.1 Å². The zero-order valence-corrected chi connectivity index (χ0v) is 10.7. The number of anilines is 2. The molecule has 1 heterocycles. The highest BCUT2D eigenvalue weighted by atomic mass is 127. The van der Waals surface area contributed by atoms with E-state index in [0.717, 1.165) is 14.8 Å². The summed E-state index contributed by atoms with van der Waals surface area (Å²) in [5, 5.41) is 3.13. The highest BCUT2D eigenvalue weighted by Crippen LogP contribution is 2.08. The van der Waals surface area contributed by atoms with Crippen molar-refractivity contribution in [1.29, 1.82) is 0 Å². The van der Waals surface area contributed by atoms with E-state index >= 15 is 0 Å². The van der Waals surface area contributed by atoms with E-state index < -0.39 is 0 Å². The van der Waals surface area contributed by atoms with Gasteiger partial charge >= 0.3 is 0 Å². The van der Waals surface area contributed by atoms with Crippen LogP contribution in [0.25, 0.3) is 0 Å². The summed E-state index contributed by atoms with van der Waals surface area (Å²) in [6.07, 6.45) is 3.55. The maximum absolute atomic E-state index is 5.69. The van der Waals surface area contributed by atoms with E-state index in [1.807, 2.05) is 24.3 Å². The van der Waals surface area contributed by atoms with Gasteiger partial charge in [0.15, 0.2) is 0 Å². The Labute approximate surface area is 107 Å². The second kappa shape index (κ2) is 5.11. The number of hydrogen-bond donors (Lipinski definition) is 2. The molecule has 82 valence electrons. The topological polar surface area (TPSA) is 63.8 Å². The van der Waals surface area contributed by atoms with Crippen molar-refractivity contribution in [3.8, 4) is 0 Å². The molecule has 2 aromatic rings. The van der Waals surface area contributed by atoms with Crippen molar-refractivity contribution in [3.05, 3.63) is 45.8 Å². The largest absolute Gasteiger partial charge is 0.399 e. The number of nitrogens with two attached hydrogens (primary N) is 1. The number of rotatable bonds is 3. The Balaban J connectivity index is 1.99. The lowest BCUT2D eigenvalue weighted by Gasteiger charge is -2.05. The van der Waals surface area contributed by atoms with Crippen molar-refractivity contribution in [3.63, 3.8) is 0 Å². The molecule has 4 nitrogen and oxygen atoms in total. The molecule has 0 unspecified atom stereocenters. The zero-order chi connectivity index (χ0) is 11.4. The van der Waals surface area contributed by atoms with Crippen LogP contribution in [0, 0.1) is 3.57 Å². The van der Waals surface area contributed by atoms with E-state index in [1.54, 1.807) is 12.4 Å². The van der Waals surface area contributed by atoms with Crippen LogP contribution in [-0.4, -0.2) is 9.97 Å². The van der Waals surface area contributed by atoms with Gasteiger partial charge in [-0.25, -0.2) is 9.97 Å². The number of nitrogen functional groups attached to an aromatic ring is 1. The molecule has 0 bridgehead atoms. The van der Waals surface area contributed by atoms with Crippen LogP contribution in [0.15, 0.2) is 36.7 Å². The lowest BCUT2D eigenvalue weighted by Crippen LogP contribution is -2.03. The van der Waals surface area contributed by atoms with E-state index in [1.165, 1.54) is 0 Å². The van der Waals surface area contributed by atoms with Crippen molar-refractivity contribution >= 4 is 34.2 Å². The van der Waals surface area contributed by atoms with E-state index in [-0.39, 0.29) is 0 Å². The van der Waals surface area contributed by atoms with Gasteiger partial charge in [-0.3, -0.25) is 0 Å². The van der Waals surface area contributed by atoms with Crippen LogP contribution in [0.2, 0.25) is 0 Å². The van der Waals surface area contributed by atoms with E-state index in [9.17, 15) is 0 Å². The highest BCUT2D eigenvalue weighted by Gasteiger charge is 1.96. The van der Waals surface area contributed by atoms with Crippen molar-refractivity contribution in [2.45, 2.75) is 6.54 Å². The summed E-state index contributed by atoms with van der Waals surface area (Å²) >= 11 is 2.17. The summed E-state index contributed by atoms with van der Waals surface area (Å²) in [6.45, 7) is 0.672. The molecule has 0 atom stereocenters. The van der Waals surface area contributed by atoms with Crippen molar-refractivity contribution in [2.75, 3.05) is 11.1 Å². The monoisotopic (exact) mass is 326 g/mol. The maximum atomic E-state index is 5.69. The third-order valence-corrected chi connectivity index (χ3v) is 2.58. The van der Waals surface area contributed by atoms with Crippen LogP contribution in [0.5, 0.6) is 0 Å². The van der Waals surface area contributed by atoms with Gasteiger partial charge in [-0.15, -0.1) is 0 Å². The summed E-state index contributed by atoms with van der Waals surface area (Å²) in [5.74, 6) is 0.628. The molecule has 0 amide bonds. The van der Waals surface area contributed by atoms with Gasteiger partial charge in [0.25, 0.3) is 0 Å². The molecule has 0 fully saturated rings. The van der Waals surface area contributed by atoms with Gasteiger partial charge in [-0.2, -0.15) is 0 Å². The Hall–Kier alpha value is -1.37. The summed E-state index contributed by atoms with van der Waals surface area (Å²) in [7, 11) is 0. The third kappa shape index (κ3) is 3.06. The van der Waals surface area contributed by atoms with E-state index in [0.29, 0.717) is 12.5 Å². The molecular formula is C11H11IN4. The highest BCUT2D eigenvalue weighted by molar-refractivity contribution is 14.1. The number of hydrogen-bond acceptors (Lipinski definition) is 4. The predicted molar refractivity (Wildman–Crippen MR) is 72.9 cm³/mol. The van der Waals surface area contributed by atoms with Crippen LogP contribution in [-0.2, 0) is 6.54 Å². The van der Waals surface area contributed by atoms with Gasteiger partial charge in [0.05, 0.1) is 0 Å². The lowest BCUT2D eigenvalue weighted by molar-refractivity contribution is 1.05. The molecule has 0 radical (unpaired) electrons. The third-order valence-electron chi connectivity index (χ3n) is 2.02. The normalized spacial score (nSPS) is 10.1. The first-order valence-corrected chi connectivity index (χ1v) is 5.88. The van der Waals surface area contributed by atoms with Gasteiger partial charge < -0.3 is 11.1 Å². The Morgan fingerprint density at radius 3 is 2.69 bits per heavy atom. The SMILES string of the molecule is Nc1cccc(CNc2ncc(I)cn2)c1.